The lowest BCUT2D eigenvalue weighted by Crippen LogP contribution is -2.06. The number of carbonyl (C=O) groups excluding carboxylic acids is 1. The number of nitrogens with one attached hydrogen (secondary N) is 2. The predicted molar refractivity (Wildman–Crippen MR) is 35.4 cm³/mol. The first kappa shape index (κ1) is 6.73. The van der Waals surface area contributed by atoms with E-state index in [-0.39, 0.29) is 5.91 Å². The van der Waals surface area contributed by atoms with Gasteiger partial charge in [0, 0.05) is 6.92 Å². The van der Waals surface area contributed by atoms with E-state index < -0.39 is 0 Å². The number of aromatic amines is 1. The Balaban J connectivity index is 2.67. The summed E-state index contributed by atoms with van der Waals surface area (Å²) in [4.78, 5) is 14.3. The second kappa shape index (κ2) is 2.47. The van der Waals surface area contributed by atoms with Crippen LogP contribution < -0.4 is 5.32 Å². The summed E-state index contributed by atoms with van der Waals surface area (Å²) in [5, 5.41) is 8.72. The van der Waals surface area contributed by atoms with Crippen molar-refractivity contribution in [2.24, 2.45) is 0 Å². The fraction of sp³-hybridized carbons (Fsp3) is 0.400. The van der Waals surface area contributed by atoms with Crippen molar-refractivity contribution in [1.82, 2.24) is 15.2 Å². The maximum atomic E-state index is 10.4. The molecule has 0 unspecified atom stereocenters. The molecule has 5 heteroatoms. The standard InChI is InChI=1S/C5H8N4O/c1-3-6-5(9-8-3)7-4(2)10/h1-2H3,(H2,6,7,8,9,10). The monoisotopic (exact) mass is 140 g/mol. The van der Waals surface area contributed by atoms with Gasteiger partial charge in [0.25, 0.3) is 0 Å². The van der Waals surface area contributed by atoms with Crippen LogP contribution in [-0.2, 0) is 4.79 Å². The van der Waals surface area contributed by atoms with Gasteiger partial charge in [0.1, 0.15) is 5.82 Å². The molecule has 0 radical (unpaired) electrons. The van der Waals surface area contributed by atoms with Crippen molar-refractivity contribution in [3.63, 3.8) is 0 Å². The van der Waals surface area contributed by atoms with Crippen molar-refractivity contribution in [3.8, 4) is 0 Å². The van der Waals surface area contributed by atoms with Gasteiger partial charge in [0.15, 0.2) is 0 Å². The molecule has 54 valence electrons. The minimum Gasteiger partial charge on any atom is -0.293 e. The Labute approximate surface area is 57.9 Å². The van der Waals surface area contributed by atoms with Crippen molar-refractivity contribution in [1.29, 1.82) is 0 Å². The first-order chi connectivity index (χ1) is 4.68. The molecule has 1 rings (SSSR count). The van der Waals surface area contributed by atoms with E-state index in [0.29, 0.717) is 11.8 Å². The van der Waals surface area contributed by atoms with E-state index in [1.807, 2.05) is 0 Å². The maximum Gasteiger partial charge on any atom is 0.248 e. The topological polar surface area (TPSA) is 70.7 Å². The SMILES string of the molecule is CC(=O)Nc1n[nH]c(C)n1. The van der Waals surface area contributed by atoms with Crippen LogP contribution in [0.1, 0.15) is 12.7 Å². The van der Waals surface area contributed by atoms with Crippen LogP contribution in [0.2, 0.25) is 0 Å². The number of H-pyrrole nitrogens is 1. The third-order valence-corrected chi connectivity index (χ3v) is 0.885. The minimum atomic E-state index is -0.168. The molecule has 0 spiro atoms. The lowest BCUT2D eigenvalue weighted by atomic mass is 10.7. The first-order valence-electron chi connectivity index (χ1n) is 2.85. The highest BCUT2D eigenvalue weighted by atomic mass is 16.1. The molecule has 1 heterocycles. The molecular formula is C5H8N4O. The molecule has 0 aromatic carbocycles. The van der Waals surface area contributed by atoms with Gasteiger partial charge < -0.3 is 0 Å². The highest BCUT2D eigenvalue weighted by molar-refractivity contribution is 5.86. The van der Waals surface area contributed by atoms with Crippen LogP contribution in [0.15, 0.2) is 0 Å². The van der Waals surface area contributed by atoms with E-state index in [1.165, 1.54) is 6.92 Å². The minimum absolute atomic E-state index is 0.168. The van der Waals surface area contributed by atoms with Gasteiger partial charge in [-0.05, 0) is 6.92 Å². The first-order valence-corrected chi connectivity index (χ1v) is 2.85. The number of hydrogen-bond acceptors (Lipinski definition) is 3. The van der Waals surface area contributed by atoms with Crippen molar-refractivity contribution in [2.45, 2.75) is 13.8 Å². The van der Waals surface area contributed by atoms with Gasteiger partial charge in [-0.1, -0.05) is 0 Å². The molecule has 0 aliphatic rings. The van der Waals surface area contributed by atoms with Gasteiger partial charge in [0.2, 0.25) is 11.9 Å². The summed E-state index contributed by atoms with van der Waals surface area (Å²) in [5.74, 6) is 0.841. The van der Waals surface area contributed by atoms with Gasteiger partial charge >= 0.3 is 0 Å². The van der Waals surface area contributed by atoms with E-state index in [2.05, 4.69) is 20.5 Å². The molecule has 0 aliphatic heterocycles. The molecule has 0 aliphatic carbocycles. The van der Waals surface area contributed by atoms with Crippen molar-refractivity contribution >= 4 is 11.9 Å². The van der Waals surface area contributed by atoms with Crippen molar-refractivity contribution in [2.75, 3.05) is 5.32 Å². The van der Waals surface area contributed by atoms with E-state index in [9.17, 15) is 4.79 Å². The van der Waals surface area contributed by atoms with Crippen LogP contribution in [-0.4, -0.2) is 21.1 Å². The van der Waals surface area contributed by atoms with Crippen LogP contribution in [0, 0.1) is 6.92 Å². The summed E-state index contributed by atoms with van der Waals surface area (Å²) in [6.07, 6.45) is 0. The van der Waals surface area contributed by atoms with Crippen LogP contribution in [0.5, 0.6) is 0 Å². The van der Waals surface area contributed by atoms with Gasteiger partial charge in [-0.25, -0.2) is 0 Å². The number of amides is 1. The van der Waals surface area contributed by atoms with Gasteiger partial charge in [-0.2, -0.15) is 4.98 Å². The zero-order chi connectivity index (χ0) is 7.56. The fourth-order valence-corrected chi connectivity index (χ4v) is 0.556. The zero-order valence-electron chi connectivity index (χ0n) is 5.80. The van der Waals surface area contributed by atoms with Crippen LogP contribution in [0.4, 0.5) is 5.95 Å². The van der Waals surface area contributed by atoms with E-state index in [1.54, 1.807) is 6.92 Å². The molecule has 2 N–H and O–H groups in total. The van der Waals surface area contributed by atoms with Crippen LogP contribution >= 0.6 is 0 Å². The Morgan fingerprint density at radius 2 is 2.40 bits per heavy atom. The van der Waals surface area contributed by atoms with E-state index in [4.69, 9.17) is 0 Å². The Morgan fingerprint density at radius 3 is 2.80 bits per heavy atom. The summed E-state index contributed by atoms with van der Waals surface area (Å²) in [6.45, 7) is 3.17. The zero-order valence-corrected chi connectivity index (χ0v) is 5.80. The van der Waals surface area contributed by atoms with Crippen molar-refractivity contribution in [3.05, 3.63) is 5.82 Å². The molecular weight excluding hydrogens is 132 g/mol. The van der Waals surface area contributed by atoms with Crippen LogP contribution in [0.25, 0.3) is 0 Å². The number of hydrogen-bond donors (Lipinski definition) is 2. The number of nitrogens with zero attached hydrogens (tertiary/aromatic N) is 2. The Hall–Kier alpha value is -1.39. The summed E-state index contributed by atoms with van der Waals surface area (Å²) >= 11 is 0. The molecule has 0 saturated heterocycles. The Bertz CT molecular complexity index is 242. The Kier molecular flexibility index (Phi) is 1.66. The number of aryl methyl sites for hydroxylation is 1. The van der Waals surface area contributed by atoms with E-state index in [0.717, 1.165) is 0 Å². The molecule has 1 amide bonds. The molecule has 0 saturated carbocycles. The summed E-state index contributed by atoms with van der Waals surface area (Å²) in [6, 6.07) is 0. The molecule has 0 fully saturated rings. The highest BCUT2D eigenvalue weighted by Gasteiger charge is 1.98. The lowest BCUT2D eigenvalue weighted by molar-refractivity contribution is -0.114. The quantitative estimate of drug-likeness (QED) is 0.580. The number of anilines is 1. The maximum absolute atomic E-state index is 10.4. The number of aromatic nitrogens is 3. The average molecular weight is 140 g/mol. The summed E-state index contributed by atoms with van der Waals surface area (Å²) < 4.78 is 0. The predicted octanol–water partition coefficient (Wildman–Crippen LogP) is 0.0715. The third kappa shape index (κ3) is 1.54. The van der Waals surface area contributed by atoms with E-state index >= 15 is 0 Å². The molecule has 1 aromatic rings. The molecule has 10 heavy (non-hydrogen) atoms. The lowest BCUT2D eigenvalue weighted by Gasteiger charge is -1.89. The van der Waals surface area contributed by atoms with Gasteiger partial charge in [-0.15, -0.1) is 5.10 Å². The third-order valence-electron chi connectivity index (χ3n) is 0.885. The van der Waals surface area contributed by atoms with Crippen LogP contribution in [0.3, 0.4) is 0 Å². The second-order valence-electron chi connectivity index (χ2n) is 1.93. The average Bonchev–Trinajstić information content (AvgIpc) is 2.13. The largest absolute Gasteiger partial charge is 0.293 e. The Morgan fingerprint density at radius 1 is 1.70 bits per heavy atom. The van der Waals surface area contributed by atoms with Gasteiger partial charge in [0.05, 0.1) is 0 Å². The molecule has 1 aromatic heterocycles. The summed E-state index contributed by atoms with van der Waals surface area (Å²) in [5.41, 5.74) is 0. The van der Waals surface area contributed by atoms with Gasteiger partial charge in [-0.3, -0.25) is 15.2 Å². The fourth-order valence-electron chi connectivity index (χ4n) is 0.556. The highest BCUT2D eigenvalue weighted by Crippen LogP contribution is 1.94. The van der Waals surface area contributed by atoms with Crippen molar-refractivity contribution < 1.29 is 4.79 Å². The smallest absolute Gasteiger partial charge is 0.248 e. The normalized spacial score (nSPS) is 9.40. The summed E-state index contributed by atoms with van der Waals surface area (Å²) in [7, 11) is 0. The molecule has 5 nitrogen and oxygen atoms in total. The molecule has 0 atom stereocenters. The number of carbonyl (C=O) groups is 1. The molecule has 0 bridgehead atoms. The number of rotatable bonds is 1. The second-order valence-corrected chi connectivity index (χ2v) is 1.93.